The fraction of sp³-hybridized carbons (Fsp3) is 0.143. The molecule has 0 aliphatic rings. The van der Waals surface area contributed by atoms with Gasteiger partial charge in [-0.3, -0.25) is 14.9 Å². The first-order chi connectivity index (χ1) is 14.9. The van der Waals surface area contributed by atoms with E-state index in [0.29, 0.717) is 35.3 Å². The Morgan fingerprint density at radius 3 is 2.55 bits per heavy atom. The molecule has 0 aliphatic carbocycles. The SMILES string of the molecule is CCOc1cc(/C=C\c2nc(O)c([N+](=O)[O-])c(=O)[nH]2)ccc1OCc1ccc(Cl)cc1. The van der Waals surface area contributed by atoms with Gasteiger partial charge in [0.2, 0.25) is 0 Å². The fourth-order valence-electron chi connectivity index (χ4n) is 2.65. The van der Waals surface area contributed by atoms with E-state index in [-0.39, 0.29) is 5.82 Å². The summed E-state index contributed by atoms with van der Waals surface area (Å²) in [6, 6.07) is 12.5. The minimum Gasteiger partial charge on any atom is -0.490 e. The van der Waals surface area contributed by atoms with Crippen molar-refractivity contribution in [2.45, 2.75) is 13.5 Å². The van der Waals surface area contributed by atoms with Gasteiger partial charge in [0, 0.05) is 5.02 Å². The molecule has 10 heteroatoms. The second kappa shape index (κ2) is 9.77. The summed E-state index contributed by atoms with van der Waals surface area (Å²) >= 11 is 5.89. The van der Waals surface area contributed by atoms with Gasteiger partial charge in [0.25, 0.3) is 5.88 Å². The maximum absolute atomic E-state index is 11.7. The minimum absolute atomic E-state index is 0.0332. The quantitative estimate of drug-likeness (QED) is 0.394. The van der Waals surface area contributed by atoms with Gasteiger partial charge in [0.1, 0.15) is 12.4 Å². The van der Waals surface area contributed by atoms with E-state index in [2.05, 4.69) is 9.97 Å². The van der Waals surface area contributed by atoms with E-state index in [0.717, 1.165) is 5.56 Å². The molecule has 2 aromatic carbocycles. The monoisotopic (exact) mass is 443 g/mol. The summed E-state index contributed by atoms with van der Waals surface area (Å²) in [6.07, 6.45) is 3.01. The van der Waals surface area contributed by atoms with E-state index in [9.17, 15) is 20.0 Å². The normalized spacial score (nSPS) is 10.9. The molecular formula is C21H18ClN3O6. The Morgan fingerprint density at radius 2 is 1.90 bits per heavy atom. The summed E-state index contributed by atoms with van der Waals surface area (Å²) in [6.45, 7) is 2.61. The number of H-pyrrole nitrogens is 1. The fourth-order valence-corrected chi connectivity index (χ4v) is 2.77. The third-order valence-corrected chi connectivity index (χ3v) is 4.34. The zero-order chi connectivity index (χ0) is 22.4. The van der Waals surface area contributed by atoms with Crippen LogP contribution in [0.3, 0.4) is 0 Å². The Labute approximate surface area is 181 Å². The van der Waals surface area contributed by atoms with Crippen LogP contribution in [0.5, 0.6) is 17.4 Å². The molecule has 31 heavy (non-hydrogen) atoms. The van der Waals surface area contributed by atoms with Gasteiger partial charge >= 0.3 is 11.2 Å². The van der Waals surface area contributed by atoms with Gasteiger partial charge in [-0.2, -0.15) is 4.98 Å². The maximum atomic E-state index is 11.7. The van der Waals surface area contributed by atoms with Crippen LogP contribution in [0.25, 0.3) is 12.2 Å². The van der Waals surface area contributed by atoms with Crippen LogP contribution >= 0.6 is 11.6 Å². The Hall–Kier alpha value is -3.85. The number of benzene rings is 2. The number of nitrogens with zero attached hydrogens (tertiary/aromatic N) is 2. The first-order valence-corrected chi connectivity index (χ1v) is 9.55. The van der Waals surface area contributed by atoms with E-state index >= 15 is 0 Å². The molecule has 0 saturated carbocycles. The number of hydrogen-bond acceptors (Lipinski definition) is 7. The number of rotatable bonds is 8. The summed E-state index contributed by atoms with van der Waals surface area (Å²) < 4.78 is 11.5. The van der Waals surface area contributed by atoms with E-state index in [4.69, 9.17) is 21.1 Å². The molecule has 160 valence electrons. The summed E-state index contributed by atoms with van der Waals surface area (Å²) in [4.78, 5) is 27.4. The Kier molecular flexibility index (Phi) is 6.88. The van der Waals surface area contributed by atoms with Crippen molar-refractivity contribution in [2.24, 2.45) is 0 Å². The number of halogens is 1. The predicted octanol–water partition coefficient (Wildman–Crippen LogP) is 4.19. The number of aromatic hydroxyl groups is 1. The molecule has 0 fully saturated rings. The van der Waals surface area contributed by atoms with Gasteiger partial charge in [-0.15, -0.1) is 0 Å². The van der Waals surface area contributed by atoms with Crippen LogP contribution in [0.15, 0.2) is 47.3 Å². The standard InChI is InChI=1S/C21H18ClN3O6/c1-2-30-17-11-13(5-9-16(17)31-12-14-3-7-15(22)8-4-14)6-10-18-23-20(26)19(25(28)29)21(27)24-18/h3-11H,2,12H2,1H3,(H2,23,24,26,27)/b10-6-. The second-order valence-corrected chi connectivity index (χ2v) is 6.70. The van der Waals surface area contributed by atoms with Crippen molar-refractivity contribution >= 4 is 29.4 Å². The second-order valence-electron chi connectivity index (χ2n) is 6.27. The van der Waals surface area contributed by atoms with Gasteiger partial charge in [-0.05, 0) is 48.4 Å². The number of aromatic amines is 1. The van der Waals surface area contributed by atoms with Crippen LogP contribution in [0, 0.1) is 10.1 Å². The Morgan fingerprint density at radius 1 is 1.16 bits per heavy atom. The maximum Gasteiger partial charge on any atom is 0.395 e. The van der Waals surface area contributed by atoms with E-state index in [1.807, 2.05) is 19.1 Å². The lowest BCUT2D eigenvalue weighted by Gasteiger charge is -2.13. The third kappa shape index (κ3) is 5.61. The highest BCUT2D eigenvalue weighted by molar-refractivity contribution is 6.30. The van der Waals surface area contributed by atoms with Crippen LogP contribution in [0.1, 0.15) is 23.9 Å². The average molecular weight is 444 g/mol. The third-order valence-electron chi connectivity index (χ3n) is 4.09. The van der Waals surface area contributed by atoms with Crippen molar-refractivity contribution in [3.8, 4) is 17.4 Å². The first-order valence-electron chi connectivity index (χ1n) is 9.17. The zero-order valence-electron chi connectivity index (χ0n) is 16.4. The van der Waals surface area contributed by atoms with Crippen molar-refractivity contribution in [3.05, 3.63) is 84.9 Å². The smallest absolute Gasteiger partial charge is 0.395 e. The number of nitro groups is 1. The first kappa shape index (κ1) is 21.8. The molecule has 0 radical (unpaired) electrons. The number of nitrogens with one attached hydrogen (secondary N) is 1. The largest absolute Gasteiger partial charge is 0.490 e. The number of aromatic nitrogens is 2. The molecule has 0 atom stereocenters. The summed E-state index contributed by atoms with van der Waals surface area (Å²) in [5.74, 6) is 0.0866. The lowest BCUT2D eigenvalue weighted by atomic mass is 10.2. The van der Waals surface area contributed by atoms with E-state index in [1.165, 1.54) is 6.08 Å². The van der Waals surface area contributed by atoms with Crippen molar-refractivity contribution in [2.75, 3.05) is 6.61 Å². The molecule has 3 rings (SSSR count). The van der Waals surface area contributed by atoms with E-state index < -0.39 is 22.0 Å². The van der Waals surface area contributed by atoms with Gasteiger partial charge in [-0.1, -0.05) is 35.9 Å². The lowest BCUT2D eigenvalue weighted by molar-refractivity contribution is -0.387. The van der Waals surface area contributed by atoms with Gasteiger partial charge < -0.3 is 19.6 Å². The average Bonchev–Trinajstić information content (AvgIpc) is 2.72. The van der Waals surface area contributed by atoms with Crippen molar-refractivity contribution in [1.82, 2.24) is 9.97 Å². The molecule has 1 aromatic heterocycles. The number of ether oxygens (including phenoxy) is 2. The molecule has 3 aromatic rings. The molecule has 2 N–H and O–H groups in total. The highest BCUT2D eigenvalue weighted by Gasteiger charge is 2.21. The zero-order valence-corrected chi connectivity index (χ0v) is 17.1. The highest BCUT2D eigenvalue weighted by Crippen LogP contribution is 2.30. The van der Waals surface area contributed by atoms with Gasteiger partial charge in [-0.25, -0.2) is 0 Å². The van der Waals surface area contributed by atoms with Crippen molar-refractivity contribution < 1.29 is 19.5 Å². The topological polar surface area (TPSA) is 128 Å². The molecule has 0 bridgehead atoms. The van der Waals surface area contributed by atoms with Gasteiger partial charge in [0.05, 0.1) is 11.5 Å². The Bertz CT molecular complexity index is 1170. The molecule has 1 heterocycles. The summed E-state index contributed by atoms with van der Waals surface area (Å²) in [5, 5.41) is 21.0. The van der Waals surface area contributed by atoms with Crippen LogP contribution in [0.4, 0.5) is 5.69 Å². The number of hydrogen-bond donors (Lipinski definition) is 2. The molecule has 0 unspecified atom stereocenters. The molecule has 0 saturated heterocycles. The predicted molar refractivity (Wildman–Crippen MR) is 115 cm³/mol. The molecular weight excluding hydrogens is 426 g/mol. The highest BCUT2D eigenvalue weighted by atomic mass is 35.5. The summed E-state index contributed by atoms with van der Waals surface area (Å²) in [7, 11) is 0. The molecule has 0 spiro atoms. The van der Waals surface area contributed by atoms with Crippen LogP contribution < -0.4 is 15.0 Å². The van der Waals surface area contributed by atoms with Gasteiger partial charge in [0.15, 0.2) is 11.5 Å². The Balaban J connectivity index is 1.79. The van der Waals surface area contributed by atoms with Crippen molar-refractivity contribution in [1.29, 1.82) is 0 Å². The lowest BCUT2D eigenvalue weighted by Crippen LogP contribution is -2.14. The summed E-state index contributed by atoms with van der Waals surface area (Å²) in [5.41, 5.74) is -0.400. The minimum atomic E-state index is -1.04. The van der Waals surface area contributed by atoms with Crippen LogP contribution in [0.2, 0.25) is 5.02 Å². The van der Waals surface area contributed by atoms with E-state index in [1.54, 1.807) is 36.4 Å². The van der Waals surface area contributed by atoms with Crippen LogP contribution in [-0.2, 0) is 6.61 Å². The van der Waals surface area contributed by atoms with Crippen molar-refractivity contribution in [3.63, 3.8) is 0 Å². The molecule has 0 aliphatic heterocycles. The van der Waals surface area contributed by atoms with Crippen LogP contribution in [-0.4, -0.2) is 26.6 Å². The molecule has 9 nitrogen and oxygen atoms in total. The molecule has 0 amide bonds.